The molecule has 0 saturated heterocycles. The van der Waals surface area contributed by atoms with Gasteiger partial charge in [-0.15, -0.1) is 0 Å². The van der Waals surface area contributed by atoms with Crippen LogP contribution in [0.5, 0.6) is 11.5 Å². The molecule has 184 valence electrons. The summed E-state index contributed by atoms with van der Waals surface area (Å²) in [5.74, 6) is 1.88. The fourth-order valence-electron chi connectivity index (χ4n) is 4.47. The fraction of sp³-hybridized carbons (Fsp3) is 0.500. The highest BCUT2D eigenvalue weighted by molar-refractivity contribution is 5.97. The van der Waals surface area contributed by atoms with E-state index < -0.39 is 0 Å². The number of ether oxygens (including phenoxy) is 2. The van der Waals surface area contributed by atoms with Crippen molar-refractivity contribution in [2.24, 2.45) is 5.92 Å². The number of carbonyl (C=O) groups is 2. The van der Waals surface area contributed by atoms with Crippen LogP contribution >= 0.6 is 0 Å². The first-order chi connectivity index (χ1) is 16.4. The van der Waals surface area contributed by atoms with Crippen molar-refractivity contribution in [1.82, 2.24) is 9.80 Å². The molecule has 34 heavy (non-hydrogen) atoms. The maximum Gasteiger partial charge on any atom is 0.257 e. The molecule has 2 aromatic carbocycles. The molecule has 1 heterocycles. The van der Waals surface area contributed by atoms with Gasteiger partial charge in [-0.25, -0.2) is 0 Å². The van der Waals surface area contributed by atoms with Crippen LogP contribution in [0.15, 0.2) is 48.5 Å². The molecule has 1 atom stereocenters. The lowest BCUT2D eigenvalue weighted by Crippen LogP contribution is -2.46. The molecule has 3 rings (SSSR count). The first-order valence-corrected chi connectivity index (χ1v) is 12.4. The summed E-state index contributed by atoms with van der Waals surface area (Å²) in [7, 11) is 1.64. The molecule has 1 aliphatic rings. The quantitative estimate of drug-likeness (QED) is 0.613. The molecule has 6 nitrogen and oxygen atoms in total. The Bertz CT molecular complexity index is 942. The van der Waals surface area contributed by atoms with Gasteiger partial charge in [-0.3, -0.25) is 9.59 Å². The second-order valence-electron chi connectivity index (χ2n) is 9.29. The van der Waals surface area contributed by atoms with Crippen LogP contribution in [0.4, 0.5) is 0 Å². The van der Waals surface area contributed by atoms with Crippen LogP contribution in [-0.2, 0) is 11.2 Å². The minimum Gasteiger partial charge on any atom is -0.497 e. The third-order valence-corrected chi connectivity index (χ3v) is 6.31. The molecule has 0 radical (unpaired) electrons. The summed E-state index contributed by atoms with van der Waals surface area (Å²) in [6.45, 7) is 8.66. The van der Waals surface area contributed by atoms with Crippen molar-refractivity contribution in [3.05, 3.63) is 59.7 Å². The first kappa shape index (κ1) is 25.6. The number of hydrogen-bond acceptors (Lipinski definition) is 4. The highest BCUT2D eigenvalue weighted by Crippen LogP contribution is 2.24. The average Bonchev–Trinajstić information content (AvgIpc) is 2.83. The number of fused-ring (bicyclic) bond motifs is 1. The van der Waals surface area contributed by atoms with Gasteiger partial charge in [0, 0.05) is 19.6 Å². The SMILES string of the molecule is CCN1CCCCN(C(=O)Cc2ccc(OC)cc2)[C@@H](CC(C)C)COc2ccccc2C1=O. The number of para-hydroxylation sites is 1. The maximum absolute atomic E-state index is 13.5. The number of carbonyl (C=O) groups excluding carboxylic acids is 2. The molecule has 0 bridgehead atoms. The lowest BCUT2D eigenvalue weighted by Gasteiger charge is -2.34. The maximum atomic E-state index is 13.5. The molecule has 6 heteroatoms. The van der Waals surface area contributed by atoms with Gasteiger partial charge in [-0.1, -0.05) is 38.1 Å². The molecule has 0 N–H and O–H groups in total. The van der Waals surface area contributed by atoms with Crippen molar-refractivity contribution in [3.8, 4) is 11.5 Å². The zero-order valence-corrected chi connectivity index (χ0v) is 21.0. The monoisotopic (exact) mass is 466 g/mol. The number of rotatable bonds is 6. The second-order valence-corrected chi connectivity index (χ2v) is 9.29. The van der Waals surface area contributed by atoms with Gasteiger partial charge in [-0.2, -0.15) is 0 Å². The van der Waals surface area contributed by atoms with Gasteiger partial charge >= 0.3 is 0 Å². The van der Waals surface area contributed by atoms with E-state index in [4.69, 9.17) is 9.47 Å². The Morgan fingerprint density at radius 2 is 1.79 bits per heavy atom. The molecule has 2 aromatic rings. The van der Waals surface area contributed by atoms with Gasteiger partial charge in [0.05, 0.1) is 25.1 Å². The highest BCUT2D eigenvalue weighted by Gasteiger charge is 2.27. The third-order valence-electron chi connectivity index (χ3n) is 6.31. The zero-order chi connectivity index (χ0) is 24.5. The van der Waals surface area contributed by atoms with E-state index in [0.717, 1.165) is 30.6 Å². The Morgan fingerprint density at radius 1 is 1.09 bits per heavy atom. The molecule has 0 unspecified atom stereocenters. The molecule has 0 aromatic heterocycles. The topological polar surface area (TPSA) is 59.1 Å². The van der Waals surface area contributed by atoms with E-state index in [1.165, 1.54) is 0 Å². The number of amides is 2. The number of benzene rings is 2. The van der Waals surface area contributed by atoms with Crippen molar-refractivity contribution in [3.63, 3.8) is 0 Å². The Hall–Kier alpha value is -3.02. The molecule has 2 amide bonds. The van der Waals surface area contributed by atoms with Crippen LogP contribution in [-0.4, -0.2) is 61.0 Å². The minimum absolute atomic E-state index is 0.00604. The Labute approximate surface area is 203 Å². The number of hydrogen-bond donors (Lipinski definition) is 0. The van der Waals surface area contributed by atoms with Gasteiger partial charge in [0.1, 0.15) is 18.1 Å². The third kappa shape index (κ3) is 6.75. The molecular formula is C28H38N2O4. The van der Waals surface area contributed by atoms with Crippen LogP contribution in [0.3, 0.4) is 0 Å². The Balaban J connectivity index is 1.86. The molecule has 0 fully saturated rings. The summed E-state index contributed by atoms with van der Waals surface area (Å²) in [4.78, 5) is 30.5. The number of nitrogens with zero attached hydrogens (tertiary/aromatic N) is 2. The van der Waals surface area contributed by atoms with Crippen LogP contribution in [0, 0.1) is 5.92 Å². The van der Waals surface area contributed by atoms with Crippen LogP contribution in [0.25, 0.3) is 0 Å². The zero-order valence-electron chi connectivity index (χ0n) is 21.0. The Morgan fingerprint density at radius 3 is 2.47 bits per heavy atom. The van der Waals surface area contributed by atoms with Crippen molar-refractivity contribution in [2.75, 3.05) is 33.4 Å². The van der Waals surface area contributed by atoms with E-state index in [-0.39, 0.29) is 17.9 Å². The molecule has 0 aliphatic carbocycles. The molecule has 1 aliphatic heterocycles. The normalized spacial score (nSPS) is 17.4. The second kappa shape index (κ2) is 12.4. The van der Waals surface area contributed by atoms with Gasteiger partial charge in [0.15, 0.2) is 0 Å². The Kier molecular flexibility index (Phi) is 9.37. The molecular weight excluding hydrogens is 428 g/mol. The summed E-state index contributed by atoms with van der Waals surface area (Å²) < 4.78 is 11.5. The van der Waals surface area contributed by atoms with Gasteiger partial charge in [0.25, 0.3) is 5.91 Å². The summed E-state index contributed by atoms with van der Waals surface area (Å²) >= 11 is 0. The fourth-order valence-corrected chi connectivity index (χ4v) is 4.47. The average molecular weight is 467 g/mol. The predicted octanol–water partition coefficient (Wildman–Crippen LogP) is 4.82. The van der Waals surface area contributed by atoms with Crippen molar-refractivity contribution < 1.29 is 19.1 Å². The van der Waals surface area contributed by atoms with Gasteiger partial charge < -0.3 is 19.3 Å². The standard InChI is InChI=1S/C28H38N2O4/c1-5-29-16-8-9-17-30(27(31)19-22-12-14-24(33-4)15-13-22)23(18-21(2)3)20-34-26-11-7-6-10-25(26)28(29)32/h6-7,10-15,21,23H,5,8-9,16-20H2,1-4H3/t23-/m0/s1. The summed E-state index contributed by atoms with van der Waals surface area (Å²) in [6.07, 6.45) is 2.87. The van der Waals surface area contributed by atoms with E-state index >= 15 is 0 Å². The van der Waals surface area contributed by atoms with E-state index in [1.807, 2.05) is 65.3 Å². The smallest absolute Gasteiger partial charge is 0.257 e. The first-order valence-electron chi connectivity index (χ1n) is 12.4. The van der Waals surface area contributed by atoms with E-state index in [1.54, 1.807) is 7.11 Å². The van der Waals surface area contributed by atoms with Gasteiger partial charge in [-0.05, 0) is 61.9 Å². The molecule has 0 spiro atoms. The van der Waals surface area contributed by atoms with Crippen molar-refractivity contribution in [2.45, 2.75) is 52.5 Å². The summed E-state index contributed by atoms with van der Waals surface area (Å²) in [5, 5.41) is 0. The van der Waals surface area contributed by atoms with E-state index in [2.05, 4.69) is 13.8 Å². The minimum atomic E-state index is -0.0596. The largest absolute Gasteiger partial charge is 0.497 e. The number of methoxy groups -OCH3 is 1. The van der Waals surface area contributed by atoms with E-state index in [0.29, 0.717) is 49.9 Å². The summed E-state index contributed by atoms with van der Waals surface area (Å²) in [5.41, 5.74) is 1.55. The van der Waals surface area contributed by atoms with Crippen LogP contribution in [0.2, 0.25) is 0 Å². The highest BCUT2D eigenvalue weighted by atomic mass is 16.5. The van der Waals surface area contributed by atoms with Crippen molar-refractivity contribution in [1.29, 1.82) is 0 Å². The van der Waals surface area contributed by atoms with Crippen molar-refractivity contribution >= 4 is 11.8 Å². The predicted molar refractivity (Wildman–Crippen MR) is 134 cm³/mol. The van der Waals surface area contributed by atoms with E-state index in [9.17, 15) is 9.59 Å². The van der Waals surface area contributed by atoms with Crippen LogP contribution in [0.1, 0.15) is 56.0 Å². The van der Waals surface area contributed by atoms with Crippen LogP contribution < -0.4 is 9.47 Å². The molecule has 0 saturated carbocycles. The lowest BCUT2D eigenvalue weighted by atomic mass is 10.0. The van der Waals surface area contributed by atoms with Gasteiger partial charge in [0.2, 0.25) is 5.91 Å². The lowest BCUT2D eigenvalue weighted by molar-refractivity contribution is -0.134. The summed E-state index contributed by atoms with van der Waals surface area (Å²) in [6, 6.07) is 15.1.